The molecule has 2 aromatic rings. The summed E-state index contributed by atoms with van der Waals surface area (Å²) in [6, 6.07) is 9.48. The Morgan fingerprint density at radius 3 is 2.62 bits per heavy atom. The maximum Gasteiger partial charge on any atom is 0.348 e. The normalized spacial score (nSPS) is 10.0. The Balaban J connectivity index is 2.59. The zero-order valence-electron chi connectivity index (χ0n) is 8.38. The van der Waals surface area contributed by atoms with E-state index in [0.29, 0.717) is 11.3 Å². The van der Waals surface area contributed by atoms with E-state index >= 15 is 0 Å². The predicted octanol–water partition coefficient (Wildman–Crippen LogP) is 3.15. The van der Waals surface area contributed by atoms with Crippen molar-refractivity contribution in [2.24, 2.45) is 0 Å². The van der Waals surface area contributed by atoms with E-state index in [9.17, 15) is 4.79 Å². The van der Waals surface area contributed by atoms with Gasteiger partial charge in [0.25, 0.3) is 0 Å². The number of nitrogens with zero attached hydrogens (tertiary/aromatic N) is 1. The van der Waals surface area contributed by atoms with Crippen LogP contribution in [0.4, 0.5) is 0 Å². The number of carboxylic acid groups (broad SMARTS) is 1. The van der Waals surface area contributed by atoms with Crippen molar-refractivity contribution in [1.29, 1.82) is 0 Å². The van der Waals surface area contributed by atoms with Crippen LogP contribution in [0.1, 0.15) is 15.2 Å². The molecule has 0 bridgehead atoms. The molecule has 0 amide bonds. The van der Waals surface area contributed by atoms with E-state index in [-0.39, 0.29) is 4.88 Å². The molecule has 0 spiro atoms. The molecule has 0 aliphatic rings. The van der Waals surface area contributed by atoms with Crippen molar-refractivity contribution < 1.29 is 9.90 Å². The van der Waals surface area contributed by atoms with Crippen LogP contribution >= 0.6 is 11.5 Å². The highest BCUT2D eigenvalue weighted by molar-refractivity contribution is 7.08. The van der Waals surface area contributed by atoms with Crippen molar-refractivity contribution in [2.75, 3.05) is 0 Å². The fourth-order valence-corrected chi connectivity index (χ4v) is 2.19. The van der Waals surface area contributed by atoms with Gasteiger partial charge in [-0.2, -0.15) is 4.37 Å². The highest BCUT2D eigenvalue weighted by Gasteiger charge is 2.17. The number of rotatable bonds is 3. The Morgan fingerprint density at radius 1 is 1.38 bits per heavy atom. The third-order valence-corrected chi connectivity index (χ3v) is 3.02. The number of aromatic carboxylic acids is 1. The first kappa shape index (κ1) is 10.6. The van der Waals surface area contributed by atoms with Crippen LogP contribution in [0.15, 0.2) is 36.9 Å². The minimum Gasteiger partial charge on any atom is -0.477 e. The molecule has 1 heterocycles. The molecule has 0 saturated carbocycles. The number of hydrogen-bond acceptors (Lipinski definition) is 3. The van der Waals surface area contributed by atoms with Crippen LogP contribution in [0.2, 0.25) is 0 Å². The minimum absolute atomic E-state index is 0.230. The van der Waals surface area contributed by atoms with Crippen molar-refractivity contribution in [1.82, 2.24) is 4.37 Å². The molecule has 16 heavy (non-hydrogen) atoms. The van der Waals surface area contributed by atoms with E-state index in [4.69, 9.17) is 5.11 Å². The summed E-state index contributed by atoms with van der Waals surface area (Å²) < 4.78 is 4.17. The minimum atomic E-state index is -0.963. The van der Waals surface area contributed by atoms with Gasteiger partial charge in [0.15, 0.2) is 0 Å². The number of aromatic nitrogens is 1. The first-order chi connectivity index (χ1) is 7.74. The fraction of sp³-hybridized carbons (Fsp3) is 0. The van der Waals surface area contributed by atoms with Crippen LogP contribution in [0, 0.1) is 0 Å². The number of carboxylic acids is 1. The van der Waals surface area contributed by atoms with Crippen LogP contribution in [-0.4, -0.2) is 15.4 Å². The highest BCUT2D eigenvalue weighted by Crippen LogP contribution is 2.29. The molecular weight excluding hydrogens is 222 g/mol. The lowest BCUT2D eigenvalue weighted by molar-refractivity contribution is 0.0702. The van der Waals surface area contributed by atoms with Crippen LogP contribution in [0.25, 0.3) is 17.3 Å². The van der Waals surface area contributed by atoms with E-state index < -0.39 is 5.97 Å². The summed E-state index contributed by atoms with van der Waals surface area (Å²) in [5.41, 5.74) is 2.17. The van der Waals surface area contributed by atoms with Gasteiger partial charge in [0, 0.05) is 11.1 Å². The van der Waals surface area contributed by atoms with Crippen molar-refractivity contribution in [3.05, 3.63) is 47.4 Å². The number of carbonyl (C=O) groups is 1. The first-order valence-electron chi connectivity index (χ1n) is 4.65. The lowest BCUT2D eigenvalue weighted by atomic mass is 10.1. The van der Waals surface area contributed by atoms with E-state index in [1.807, 2.05) is 30.3 Å². The maximum atomic E-state index is 10.9. The smallest absolute Gasteiger partial charge is 0.348 e. The molecule has 2 rings (SSSR count). The lowest BCUT2D eigenvalue weighted by Crippen LogP contribution is -1.94. The number of hydrogen-bond donors (Lipinski definition) is 1. The van der Waals surface area contributed by atoms with Gasteiger partial charge in [-0.15, -0.1) is 0 Å². The average molecular weight is 231 g/mol. The maximum absolute atomic E-state index is 10.9. The zero-order chi connectivity index (χ0) is 11.5. The average Bonchev–Trinajstić information content (AvgIpc) is 2.73. The van der Waals surface area contributed by atoms with Gasteiger partial charge in [0.2, 0.25) is 0 Å². The summed E-state index contributed by atoms with van der Waals surface area (Å²) >= 11 is 0.983. The third-order valence-electron chi connectivity index (χ3n) is 2.17. The Morgan fingerprint density at radius 2 is 2.06 bits per heavy atom. The Hall–Kier alpha value is -1.94. The van der Waals surface area contributed by atoms with Crippen molar-refractivity contribution in [2.45, 2.75) is 0 Å². The van der Waals surface area contributed by atoms with Gasteiger partial charge in [-0.1, -0.05) is 43.0 Å². The molecule has 4 heteroatoms. The molecule has 0 saturated heterocycles. The zero-order valence-corrected chi connectivity index (χ0v) is 9.20. The van der Waals surface area contributed by atoms with Crippen molar-refractivity contribution >= 4 is 23.6 Å². The summed E-state index contributed by atoms with van der Waals surface area (Å²) in [6.45, 7) is 3.64. The molecule has 80 valence electrons. The van der Waals surface area contributed by atoms with Gasteiger partial charge in [0.1, 0.15) is 4.88 Å². The summed E-state index contributed by atoms with van der Waals surface area (Å²) in [4.78, 5) is 11.2. The summed E-state index contributed by atoms with van der Waals surface area (Å²) in [5.74, 6) is -0.963. The van der Waals surface area contributed by atoms with Gasteiger partial charge in [0.05, 0.1) is 5.69 Å². The van der Waals surface area contributed by atoms with Gasteiger partial charge in [-0.25, -0.2) is 4.79 Å². The monoisotopic (exact) mass is 231 g/mol. The van der Waals surface area contributed by atoms with Crippen molar-refractivity contribution in [3.8, 4) is 11.3 Å². The molecule has 0 fully saturated rings. The van der Waals surface area contributed by atoms with Gasteiger partial charge >= 0.3 is 5.97 Å². The second-order valence-electron chi connectivity index (χ2n) is 3.15. The van der Waals surface area contributed by atoms with Crippen LogP contribution in [0.3, 0.4) is 0 Å². The standard InChI is InChI=1S/C12H9NO2S/c1-2-9-10(8-6-4-3-5-7-8)13-16-11(9)12(14)15/h2-7H,1H2,(H,14,15). The Kier molecular flexibility index (Phi) is 2.83. The molecule has 1 N–H and O–H groups in total. The van der Waals surface area contributed by atoms with Crippen LogP contribution in [0.5, 0.6) is 0 Å². The quantitative estimate of drug-likeness (QED) is 0.882. The Bertz CT molecular complexity index is 531. The molecule has 1 aromatic heterocycles. The predicted molar refractivity (Wildman–Crippen MR) is 64.6 cm³/mol. The summed E-state index contributed by atoms with van der Waals surface area (Å²) in [6.07, 6.45) is 1.54. The van der Waals surface area contributed by atoms with E-state index in [0.717, 1.165) is 17.1 Å². The topological polar surface area (TPSA) is 50.2 Å². The molecule has 3 nitrogen and oxygen atoms in total. The largest absolute Gasteiger partial charge is 0.477 e. The first-order valence-corrected chi connectivity index (χ1v) is 5.42. The molecule has 0 aliphatic heterocycles. The van der Waals surface area contributed by atoms with Crippen LogP contribution in [-0.2, 0) is 0 Å². The molecule has 0 atom stereocenters. The van der Waals surface area contributed by atoms with Gasteiger partial charge in [-0.05, 0) is 11.5 Å². The van der Waals surface area contributed by atoms with E-state index in [1.165, 1.54) is 6.08 Å². The van der Waals surface area contributed by atoms with Gasteiger partial charge in [-0.3, -0.25) is 0 Å². The lowest BCUT2D eigenvalue weighted by Gasteiger charge is -1.98. The molecule has 0 aliphatic carbocycles. The summed E-state index contributed by atoms with van der Waals surface area (Å²) in [5, 5.41) is 8.98. The second kappa shape index (κ2) is 4.28. The molecule has 0 radical (unpaired) electrons. The van der Waals surface area contributed by atoms with Crippen molar-refractivity contribution in [3.63, 3.8) is 0 Å². The SMILES string of the molecule is C=Cc1c(-c2ccccc2)nsc1C(=O)O. The van der Waals surface area contributed by atoms with E-state index in [2.05, 4.69) is 11.0 Å². The Labute approximate surface area is 96.9 Å². The summed E-state index contributed by atoms with van der Waals surface area (Å²) in [7, 11) is 0. The third kappa shape index (κ3) is 1.75. The van der Waals surface area contributed by atoms with E-state index in [1.54, 1.807) is 0 Å². The van der Waals surface area contributed by atoms with Crippen LogP contribution < -0.4 is 0 Å². The highest BCUT2D eigenvalue weighted by atomic mass is 32.1. The molecular formula is C12H9NO2S. The van der Waals surface area contributed by atoms with Gasteiger partial charge < -0.3 is 5.11 Å². The number of benzene rings is 1. The second-order valence-corrected chi connectivity index (χ2v) is 3.92. The molecule has 0 unspecified atom stereocenters. The fourth-order valence-electron chi connectivity index (χ4n) is 1.45. The molecule has 1 aromatic carbocycles.